The fourth-order valence-corrected chi connectivity index (χ4v) is 3.18. The molecule has 3 rings (SSSR count). The van der Waals surface area contributed by atoms with E-state index in [1.54, 1.807) is 42.7 Å². The molecule has 0 bridgehead atoms. The Labute approximate surface area is 105 Å². The molecule has 4 nitrogen and oxygen atoms in total. The van der Waals surface area contributed by atoms with Gasteiger partial charge in [0, 0.05) is 24.4 Å². The first-order chi connectivity index (χ1) is 8.68. The van der Waals surface area contributed by atoms with Crippen LogP contribution in [-0.4, -0.2) is 19.2 Å². The summed E-state index contributed by atoms with van der Waals surface area (Å²) in [4.78, 5) is 8.46. The van der Waals surface area contributed by atoms with Crippen molar-refractivity contribution in [2.75, 3.05) is 0 Å². The molecule has 2 aliphatic heterocycles. The van der Waals surface area contributed by atoms with Crippen LogP contribution in [0.25, 0.3) is 0 Å². The lowest BCUT2D eigenvalue weighted by Gasteiger charge is -2.12. The second-order valence-corrected chi connectivity index (χ2v) is 5.94. The van der Waals surface area contributed by atoms with Crippen molar-refractivity contribution in [2.45, 2.75) is 11.3 Å². The average molecular weight is 258 g/mol. The minimum absolute atomic E-state index is 0.153. The SMILES string of the molecule is O=S(=O)(C1=NC=C2C=CN=C2C1)c1ccccc1. The predicted molar refractivity (Wildman–Crippen MR) is 70.3 cm³/mol. The highest BCUT2D eigenvalue weighted by Gasteiger charge is 2.27. The van der Waals surface area contributed by atoms with Crippen LogP contribution in [0.15, 0.2) is 69.3 Å². The summed E-state index contributed by atoms with van der Waals surface area (Å²) in [5, 5.41) is 0.153. The third-order valence-electron chi connectivity index (χ3n) is 2.85. The number of allylic oxidation sites excluding steroid dienone is 2. The number of hydrogen-bond donors (Lipinski definition) is 0. The average Bonchev–Trinajstić information content (AvgIpc) is 2.87. The third kappa shape index (κ3) is 1.73. The molecular formula is C13H10N2O2S. The topological polar surface area (TPSA) is 58.9 Å². The van der Waals surface area contributed by atoms with E-state index in [9.17, 15) is 8.42 Å². The molecule has 0 amide bonds. The van der Waals surface area contributed by atoms with E-state index < -0.39 is 9.84 Å². The van der Waals surface area contributed by atoms with Crippen LogP contribution < -0.4 is 0 Å². The van der Waals surface area contributed by atoms with E-state index in [4.69, 9.17) is 0 Å². The Balaban J connectivity index is 2.03. The maximum Gasteiger partial charge on any atom is 0.220 e. The van der Waals surface area contributed by atoms with Gasteiger partial charge in [0.05, 0.1) is 10.6 Å². The zero-order valence-corrected chi connectivity index (χ0v) is 10.3. The maximum absolute atomic E-state index is 12.3. The standard InChI is InChI=1S/C13H10N2O2S/c16-18(17,11-4-2-1-3-5-11)13-8-12-10(9-15-13)6-7-14-12/h1-7,9H,8H2. The van der Waals surface area contributed by atoms with Gasteiger partial charge in [0.1, 0.15) is 5.04 Å². The normalized spacial score (nSPS) is 17.9. The van der Waals surface area contributed by atoms with E-state index >= 15 is 0 Å². The van der Waals surface area contributed by atoms with Gasteiger partial charge in [-0.05, 0) is 18.2 Å². The lowest BCUT2D eigenvalue weighted by Crippen LogP contribution is -2.21. The van der Waals surface area contributed by atoms with Gasteiger partial charge in [0.2, 0.25) is 9.84 Å². The van der Waals surface area contributed by atoms with Crippen molar-refractivity contribution in [3.63, 3.8) is 0 Å². The lowest BCUT2D eigenvalue weighted by molar-refractivity contribution is 0.606. The summed E-state index contributed by atoms with van der Waals surface area (Å²) in [5.74, 6) is 0. The molecule has 0 spiro atoms. The molecule has 0 aromatic heterocycles. The van der Waals surface area contributed by atoms with Gasteiger partial charge in [-0.1, -0.05) is 18.2 Å². The molecule has 0 fully saturated rings. The van der Waals surface area contributed by atoms with Gasteiger partial charge >= 0.3 is 0 Å². The number of benzene rings is 1. The molecule has 2 heterocycles. The minimum atomic E-state index is -3.50. The van der Waals surface area contributed by atoms with E-state index in [2.05, 4.69) is 9.98 Å². The molecular weight excluding hydrogens is 248 g/mol. The molecule has 2 aliphatic rings. The van der Waals surface area contributed by atoms with E-state index in [0.29, 0.717) is 0 Å². The van der Waals surface area contributed by atoms with E-state index in [-0.39, 0.29) is 16.4 Å². The molecule has 0 N–H and O–H groups in total. The second-order valence-electron chi connectivity index (χ2n) is 3.99. The molecule has 5 heteroatoms. The summed E-state index contributed by atoms with van der Waals surface area (Å²) in [6.07, 6.45) is 5.30. The first-order valence-corrected chi connectivity index (χ1v) is 6.97. The number of sulfone groups is 1. The van der Waals surface area contributed by atoms with E-state index in [0.717, 1.165) is 11.3 Å². The number of rotatable bonds is 1. The van der Waals surface area contributed by atoms with Crippen molar-refractivity contribution in [2.24, 2.45) is 9.98 Å². The van der Waals surface area contributed by atoms with Gasteiger partial charge < -0.3 is 0 Å². The van der Waals surface area contributed by atoms with Crippen LogP contribution in [0.5, 0.6) is 0 Å². The molecule has 90 valence electrons. The highest BCUT2D eigenvalue weighted by atomic mass is 32.2. The molecule has 0 unspecified atom stereocenters. The van der Waals surface area contributed by atoms with Crippen molar-refractivity contribution >= 4 is 20.6 Å². The number of hydrogen-bond acceptors (Lipinski definition) is 4. The van der Waals surface area contributed by atoms with Crippen LogP contribution in [0.4, 0.5) is 0 Å². The lowest BCUT2D eigenvalue weighted by atomic mass is 10.1. The zero-order chi connectivity index (χ0) is 12.6. The van der Waals surface area contributed by atoms with Gasteiger partial charge in [-0.25, -0.2) is 13.4 Å². The van der Waals surface area contributed by atoms with Crippen LogP contribution in [0.1, 0.15) is 6.42 Å². The van der Waals surface area contributed by atoms with Gasteiger partial charge in [-0.3, -0.25) is 4.99 Å². The van der Waals surface area contributed by atoms with Crippen LogP contribution in [0, 0.1) is 0 Å². The molecule has 0 aliphatic carbocycles. The number of fused-ring (bicyclic) bond motifs is 1. The summed E-state index contributed by atoms with van der Waals surface area (Å²) < 4.78 is 24.7. The molecule has 0 atom stereocenters. The van der Waals surface area contributed by atoms with Crippen molar-refractivity contribution in [3.8, 4) is 0 Å². The second kappa shape index (κ2) is 4.03. The molecule has 1 aromatic rings. The smallest absolute Gasteiger partial charge is 0.220 e. The first kappa shape index (κ1) is 11.1. The van der Waals surface area contributed by atoms with Crippen molar-refractivity contribution < 1.29 is 8.42 Å². The molecule has 1 aromatic carbocycles. The quantitative estimate of drug-likeness (QED) is 0.774. The Bertz CT molecular complexity index is 711. The minimum Gasteiger partial charge on any atom is -0.260 e. The fraction of sp³-hybridized carbons (Fsp3) is 0.0769. The Morgan fingerprint density at radius 3 is 2.61 bits per heavy atom. The first-order valence-electron chi connectivity index (χ1n) is 5.48. The molecule has 18 heavy (non-hydrogen) atoms. The summed E-state index contributed by atoms with van der Waals surface area (Å²) in [6.45, 7) is 0. The third-order valence-corrected chi connectivity index (χ3v) is 4.61. The maximum atomic E-state index is 12.3. The van der Waals surface area contributed by atoms with Crippen LogP contribution in [0.2, 0.25) is 0 Å². The number of aliphatic imine (C=N–C) groups is 2. The van der Waals surface area contributed by atoms with Crippen molar-refractivity contribution in [1.29, 1.82) is 0 Å². The van der Waals surface area contributed by atoms with Crippen molar-refractivity contribution in [1.82, 2.24) is 0 Å². The Morgan fingerprint density at radius 1 is 1.06 bits per heavy atom. The van der Waals surface area contributed by atoms with Crippen LogP contribution in [0.3, 0.4) is 0 Å². The molecule has 0 saturated heterocycles. The van der Waals surface area contributed by atoms with Crippen LogP contribution in [-0.2, 0) is 9.84 Å². The van der Waals surface area contributed by atoms with E-state index in [1.165, 1.54) is 0 Å². The fourth-order valence-electron chi connectivity index (χ4n) is 1.87. The summed E-state index contributed by atoms with van der Waals surface area (Å²) in [6, 6.07) is 8.33. The Kier molecular flexibility index (Phi) is 2.48. The summed E-state index contributed by atoms with van der Waals surface area (Å²) in [7, 11) is -3.50. The molecule has 0 radical (unpaired) electrons. The van der Waals surface area contributed by atoms with Gasteiger partial charge in [0.25, 0.3) is 0 Å². The number of nitrogens with zero attached hydrogens (tertiary/aromatic N) is 2. The highest BCUT2D eigenvalue weighted by molar-refractivity contribution is 8.06. The van der Waals surface area contributed by atoms with Gasteiger partial charge in [0.15, 0.2) is 0 Å². The van der Waals surface area contributed by atoms with Gasteiger partial charge in [-0.15, -0.1) is 0 Å². The predicted octanol–water partition coefficient (Wildman–Crippen LogP) is 2.11. The summed E-state index contributed by atoms with van der Waals surface area (Å²) >= 11 is 0. The van der Waals surface area contributed by atoms with Gasteiger partial charge in [-0.2, -0.15) is 0 Å². The van der Waals surface area contributed by atoms with E-state index in [1.807, 2.05) is 6.08 Å². The zero-order valence-electron chi connectivity index (χ0n) is 9.45. The largest absolute Gasteiger partial charge is 0.260 e. The van der Waals surface area contributed by atoms with Crippen molar-refractivity contribution in [3.05, 3.63) is 54.4 Å². The molecule has 0 saturated carbocycles. The van der Waals surface area contributed by atoms with Crippen LogP contribution >= 0.6 is 0 Å². The monoisotopic (exact) mass is 258 g/mol. The summed E-state index contributed by atoms with van der Waals surface area (Å²) in [5.41, 5.74) is 1.65. The Morgan fingerprint density at radius 2 is 1.83 bits per heavy atom. The Hall–Kier alpha value is -2.01. The highest BCUT2D eigenvalue weighted by Crippen LogP contribution is 2.22.